The highest BCUT2D eigenvalue weighted by Crippen LogP contribution is 2.13. The van der Waals surface area contributed by atoms with Crippen molar-refractivity contribution in [3.63, 3.8) is 0 Å². The first-order valence-corrected chi connectivity index (χ1v) is 6.06. The zero-order chi connectivity index (χ0) is 13.5. The smallest absolute Gasteiger partial charge is 0.251 e. The van der Waals surface area contributed by atoms with E-state index in [1.807, 2.05) is 19.1 Å². The molecule has 0 aliphatic carbocycles. The minimum absolute atomic E-state index is 0.145. The first-order valence-electron chi connectivity index (χ1n) is 6.06. The molecule has 2 heterocycles. The van der Waals surface area contributed by atoms with Crippen molar-refractivity contribution in [3.05, 3.63) is 54.0 Å². The molecule has 1 N–H and O–H groups in total. The second-order valence-electron chi connectivity index (χ2n) is 3.82. The van der Waals surface area contributed by atoms with Gasteiger partial charge in [0.1, 0.15) is 0 Å². The molecule has 0 unspecified atom stereocenters. The number of rotatable bonds is 5. The zero-order valence-electron chi connectivity index (χ0n) is 10.7. The molecule has 98 valence electrons. The molecule has 0 bridgehead atoms. The zero-order valence-corrected chi connectivity index (χ0v) is 10.7. The van der Waals surface area contributed by atoms with Gasteiger partial charge in [-0.3, -0.25) is 9.78 Å². The number of carbonyl (C=O) groups excluding carboxylic acids is 1. The predicted octanol–water partition coefficient (Wildman–Crippen LogP) is 1.81. The van der Waals surface area contributed by atoms with Gasteiger partial charge in [-0.05, 0) is 25.1 Å². The minimum Gasteiger partial charge on any atom is -0.478 e. The Labute approximate surface area is 111 Å². The van der Waals surface area contributed by atoms with Gasteiger partial charge in [0.25, 0.3) is 5.91 Å². The van der Waals surface area contributed by atoms with E-state index in [4.69, 9.17) is 4.74 Å². The lowest BCUT2D eigenvalue weighted by Crippen LogP contribution is -2.23. The van der Waals surface area contributed by atoms with Crippen LogP contribution in [0.4, 0.5) is 0 Å². The number of aromatic nitrogens is 2. The summed E-state index contributed by atoms with van der Waals surface area (Å²) in [4.78, 5) is 19.9. The average Bonchev–Trinajstić information content (AvgIpc) is 2.47. The number of hydrogen-bond donors (Lipinski definition) is 1. The molecule has 0 saturated heterocycles. The summed E-state index contributed by atoms with van der Waals surface area (Å²) in [6.07, 6.45) is 4.84. The van der Waals surface area contributed by atoms with Crippen LogP contribution in [0.25, 0.3) is 0 Å². The summed E-state index contributed by atoms with van der Waals surface area (Å²) in [7, 11) is 0. The highest BCUT2D eigenvalue weighted by Gasteiger charge is 2.07. The van der Waals surface area contributed by atoms with Crippen molar-refractivity contribution in [2.24, 2.45) is 0 Å². The third-order valence-corrected chi connectivity index (χ3v) is 2.51. The Balaban J connectivity index is 2.01. The molecule has 5 heteroatoms. The normalized spacial score (nSPS) is 9.95. The van der Waals surface area contributed by atoms with Crippen LogP contribution in [0, 0.1) is 0 Å². The van der Waals surface area contributed by atoms with Crippen LogP contribution in [-0.4, -0.2) is 22.5 Å². The highest BCUT2D eigenvalue weighted by molar-refractivity contribution is 5.93. The van der Waals surface area contributed by atoms with E-state index >= 15 is 0 Å². The van der Waals surface area contributed by atoms with Crippen LogP contribution in [0.5, 0.6) is 5.88 Å². The van der Waals surface area contributed by atoms with E-state index in [0.29, 0.717) is 24.6 Å². The van der Waals surface area contributed by atoms with Crippen molar-refractivity contribution in [2.45, 2.75) is 13.5 Å². The van der Waals surface area contributed by atoms with E-state index in [1.54, 1.807) is 30.7 Å². The summed E-state index contributed by atoms with van der Waals surface area (Å²) in [5.41, 5.74) is 1.43. The third kappa shape index (κ3) is 3.51. The maximum absolute atomic E-state index is 11.9. The topological polar surface area (TPSA) is 64.1 Å². The van der Waals surface area contributed by atoms with Gasteiger partial charge in [0.15, 0.2) is 0 Å². The Kier molecular flexibility index (Phi) is 4.44. The van der Waals surface area contributed by atoms with Crippen molar-refractivity contribution >= 4 is 5.91 Å². The summed E-state index contributed by atoms with van der Waals surface area (Å²) in [6, 6.07) is 7.03. The second kappa shape index (κ2) is 6.49. The fourth-order valence-electron chi connectivity index (χ4n) is 1.61. The van der Waals surface area contributed by atoms with E-state index in [2.05, 4.69) is 15.3 Å². The van der Waals surface area contributed by atoms with Gasteiger partial charge in [-0.1, -0.05) is 6.07 Å². The van der Waals surface area contributed by atoms with Crippen LogP contribution in [0.2, 0.25) is 0 Å². The second-order valence-corrected chi connectivity index (χ2v) is 3.82. The molecule has 0 aliphatic rings. The Hall–Kier alpha value is -2.43. The Morgan fingerprint density at radius 2 is 2.05 bits per heavy atom. The monoisotopic (exact) mass is 257 g/mol. The van der Waals surface area contributed by atoms with Crippen molar-refractivity contribution < 1.29 is 9.53 Å². The lowest BCUT2D eigenvalue weighted by molar-refractivity contribution is 0.0950. The minimum atomic E-state index is -0.145. The highest BCUT2D eigenvalue weighted by atomic mass is 16.5. The first kappa shape index (κ1) is 13.0. The van der Waals surface area contributed by atoms with E-state index < -0.39 is 0 Å². The van der Waals surface area contributed by atoms with Gasteiger partial charge in [-0.15, -0.1) is 0 Å². The van der Waals surface area contributed by atoms with Crippen LogP contribution in [0.1, 0.15) is 22.8 Å². The molecule has 2 aromatic rings. The van der Waals surface area contributed by atoms with Crippen molar-refractivity contribution in [1.29, 1.82) is 0 Å². The molecule has 0 saturated carbocycles. The molecule has 0 spiro atoms. The first-order chi connectivity index (χ1) is 9.31. The summed E-state index contributed by atoms with van der Waals surface area (Å²) >= 11 is 0. The third-order valence-electron chi connectivity index (χ3n) is 2.51. The standard InChI is InChI=1S/C14H15N3O2/c1-2-19-14-12(4-3-7-16-14)10-17-13(18)11-5-8-15-9-6-11/h3-9H,2,10H2,1H3,(H,17,18). The van der Waals surface area contributed by atoms with Crippen molar-refractivity contribution in [3.8, 4) is 5.88 Å². The van der Waals surface area contributed by atoms with Crippen molar-refractivity contribution in [1.82, 2.24) is 15.3 Å². The van der Waals surface area contributed by atoms with Gasteiger partial charge in [0.05, 0.1) is 6.61 Å². The van der Waals surface area contributed by atoms with E-state index in [-0.39, 0.29) is 5.91 Å². The van der Waals surface area contributed by atoms with E-state index in [1.165, 1.54) is 0 Å². The van der Waals surface area contributed by atoms with Crippen LogP contribution in [-0.2, 0) is 6.54 Å². The average molecular weight is 257 g/mol. The summed E-state index contributed by atoms with van der Waals surface area (Å²) in [5, 5.41) is 2.83. The van der Waals surface area contributed by atoms with Crippen LogP contribution in [0.15, 0.2) is 42.9 Å². The van der Waals surface area contributed by atoms with Crippen LogP contribution in [0.3, 0.4) is 0 Å². The largest absolute Gasteiger partial charge is 0.478 e. The molecule has 5 nitrogen and oxygen atoms in total. The molecule has 0 fully saturated rings. The van der Waals surface area contributed by atoms with Crippen LogP contribution >= 0.6 is 0 Å². The maximum Gasteiger partial charge on any atom is 0.251 e. The van der Waals surface area contributed by atoms with Gasteiger partial charge < -0.3 is 10.1 Å². The molecule has 19 heavy (non-hydrogen) atoms. The Morgan fingerprint density at radius 3 is 2.79 bits per heavy atom. The Bertz CT molecular complexity index is 543. The number of nitrogens with one attached hydrogen (secondary N) is 1. The SMILES string of the molecule is CCOc1ncccc1CNC(=O)c1ccncc1. The van der Waals surface area contributed by atoms with E-state index in [9.17, 15) is 4.79 Å². The van der Waals surface area contributed by atoms with Gasteiger partial charge in [-0.25, -0.2) is 4.98 Å². The molecule has 0 aromatic carbocycles. The summed E-state index contributed by atoms with van der Waals surface area (Å²) in [6.45, 7) is 2.82. The molecule has 1 amide bonds. The lowest BCUT2D eigenvalue weighted by Gasteiger charge is -2.09. The fourth-order valence-corrected chi connectivity index (χ4v) is 1.61. The Morgan fingerprint density at radius 1 is 1.26 bits per heavy atom. The predicted molar refractivity (Wildman–Crippen MR) is 70.8 cm³/mol. The number of pyridine rings is 2. The van der Waals surface area contributed by atoms with Crippen LogP contribution < -0.4 is 10.1 Å². The number of carbonyl (C=O) groups is 1. The molecule has 0 radical (unpaired) electrons. The van der Waals surface area contributed by atoms with E-state index in [0.717, 1.165) is 5.56 Å². The van der Waals surface area contributed by atoms with Gasteiger partial charge in [0.2, 0.25) is 5.88 Å². The number of ether oxygens (including phenoxy) is 1. The quantitative estimate of drug-likeness (QED) is 0.887. The molecule has 0 aliphatic heterocycles. The van der Waals surface area contributed by atoms with Crippen molar-refractivity contribution in [2.75, 3.05) is 6.61 Å². The number of hydrogen-bond acceptors (Lipinski definition) is 4. The molecular weight excluding hydrogens is 242 g/mol. The molecular formula is C14H15N3O2. The number of amides is 1. The summed E-state index contributed by atoms with van der Waals surface area (Å²) in [5.74, 6) is 0.411. The lowest BCUT2D eigenvalue weighted by atomic mass is 10.2. The number of nitrogens with zero attached hydrogens (tertiary/aromatic N) is 2. The van der Waals surface area contributed by atoms with Gasteiger partial charge in [0, 0.05) is 36.3 Å². The molecule has 2 rings (SSSR count). The van der Waals surface area contributed by atoms with Gasteiger partial charge in [-0.2, -0.15) is 0 Å². The molecule has 0 atom stereocenters. The van der Waals surface area contributed by atoms with Gasteiger partial charge >= 0.3 is 0 Å². The maximum atomic E-state index is 11.9. The summed E-state index contributed by atoms with van der Waals surface area (Å²) < 4.78 is 5.40. The molecule has 2 aromatic heterocycles. The fraction of sp³-hybridized carbons (Fsp3) is 0.214.